The number of carbonyl (C=O) groups is 1. The maximum atomic E-state index is 12.4. The van der Waals surface area contributed by atoms with Gasteiger partial charge in [0.15, 0.2) is 0 Å². The monoisotopic (exact) mass is 360 g/mol. The van der Waals surface area contributed by atoms with E-state index in [-0.39, 0.29) is 0 Å². The van der Waals surface area contributed by atoms with Crippen LogP contribution < -0.4 is 0 Å². The Kier molecular flexibility index (Phi) is 5.95. The van der Waals surface area contributed by atoms with Gasteiger partial charge in [-0.2, -0.15) is 0 Å². The fraction of sp³-hybridized carbons (Fsp3) is 0.474. The molecular formula is C19H24N2OS2. The summed E-state index contributed by atoms with van der Waals surface area (Å²) in [6.45, 7) is 5.94. The molecule has 128 valence electrons. The number of nitrogens with zero attached hydrogens (tertiary/aromatic N) is 2. The number of carbonyl (C=O) groups excluding carboxylic acids is 1. The molecule has 1 aromatic carbocycles. The van der Waals surface area contributed by atoms with Crippen molar-refractivity contribution in [2.75, 3.05) is 13.1 Å². The third-order valence-corrected chi connectivity index (χ3v) is 6.82. The maximum Gasteiger partial charge on any atom is 0.222 e. The molecule has 0 aliphatic carbocycles. The van der Waals surface area contributed by atoms with E-state index in [1.54, 1.807) is 11.3 Å². The van der Waals surface area contributed by atoms with Crippen LogP contribution in [0.15, 0.2) is 34.7 Å². The molecule has 3 nitrogen and oxygen atoms in total. The van der Waals surface area contributed by atoms with E-state index in [9.17, 15) is 4.79 Å². The Hall–Kier alpha value is -1.33. The number of amides is 1. The van der Waals surface area contributed by atoms with E-state index in [4.69, 9.17) is 0 Å². The summed E-state index contributed by atoms with van der Waals surface area (Å²) in [5, 5.41) is 0.625. The van der Waals surface area contributed by atoms with Crippen molar-refractivity contribution < 1.29 is 4.79 Å². The van der Waals surface area contributed by atoms with E-state index in [0.29, 0.717) is 17.6 Å². The third-order valence-electron chi connectivity index (χ3n) is 4.50. The molecule has 0 bridgehead atoms. The molecule has 1 fully saturated rings. The first kappa shape index (κ1) is 17.5. The van der Waals surface area contributed by atoms with Crippen molar-refractivity contribution in [1.82, 2.24) is 9.88 Å². The van der Waals surface area contributed by atoms with Crippen LogP contribution in [0.4, 0.5) is 0 Å². The molecule has 2 aromatic rings. The second kappa shape index (κ2) is 8.17. The van der Waals surface area contributed by atoms with E-state index in [1.165, 1.54) is 15.3 Å². The molecule has 5 heteroatoms. The number of aromatic nitrogens is 1. The normalized spacial score (nSPS) is 15.7. The molecule has 0 radical (unpaired) electrons. The van der Waals surface area contributed by atoms with Gasteiger partial charge in [-0.15, -0.1) is 23.1 Å². The number of aryl methyl sites for hydroxylation is 3. The Morgan fingerprint density at radius 3 is 2.79 bits per heavy atom. The quantitative estimate of drug-likeness (QED) is 0.788. The number of piperidine rings is 1. The molecular weight excluding hydrogens is 336 g/mol. The molecule has 0 spiro atoms. The molecule has 24 heavy (non-hydrogen) atoms. The average Bonchev–Trinajstić information content (AvgIpc) is 2.98. The molecule has 1 aliphatic heterocycles. The summed E-state index contributed by atoms with van der Waals surface area (Å²) in [5.41, 5.74) is 4.25. The van der Waals surface area contributed by atoms with E-state index in [2.05, 4.69) is 36.2 Å². The minimum absolute atomic E-state index is 0.293. The topological polar surface area (TPSA) is 33.2 Å². The SMILES string of the molecule is Cc1cccc(SC2CCN(C(=O)CCc3scnc3C)CC2)c1. The molecule has 1 aromatic heterocycles. The number of rotatable bonds is 5. The van der Waals surface area contributed by atoms with Crippen molar-refractivity contribution in [2.45, 2.75) is 49.7 Å². The van der Waals surface area contributed by atoms with Crippen molar-refractivity contribution in [2.24, 2.45) is 0 Å². The van der Waals surface area contributed by atoms with Crippen molar-refractivity contribution in [3.8, 4) is 0 Å². The van der Waals surface area contributed by atoms with Gasteiger partial charge in [-0.05, 0) is 45.2 Å². The number of thioether (sulfide) groups is 1. The Morgan fingerprint density at radius 1 is 1.33 bits per heavy atom. The van der Waals surface area contributed by atoms with Crippen LogP contribution in [0.5, 0.6) is 0 Å². The number of likely N-dealkylation sites (tertiary alicyclic amines) is 1. The minimum Gasteiger partial charge on any atom is -0.343 e. The van der Waals surface area contributed by atoms with Crippen molar-refractivity contribution in [3.63, 3.8) is 0 Å². The lowest BCUT2D eigenvalue weighted by molar-refractivity contribution is -0.131. The molecule has 2 heterocycles. The highest BCUT2D eigenvalue weighted by Gasteiger charge is 2.23. The van der Waals surface area contributed by atoms with Gasteiger partial charge in [0.2, 0.25) is 5.91 Å². The van der Waals surface area contributed by atoms with Gasteiger partial charge in [-0.25, -0.2) is 4.98 Å². The van der Waals surface area contributed by atoms with Crippen molar-refractivity contribution >= 4 is 29.0 Å². The third kappa shape index (κ3) is 4.61. The average molecular weight is 361 g/mol. The molecule has 0 unspecified atom stereocenters. The van der Waals surface area contributed by atoms with E-state index in [0.717, 1.165) is 38.0 Å². The summed E-state index contributed by atoms with van der Waals surface area (Å²) in [5.74, 6) is 0.293. The zero-order valence-electron chi connectivity index (χ0n) is 14.3. The molecule has 1 saturated heterocycles. The van der Waals surface area contributed by atoms with Gasteiger partial charge >= 0.3 is 0 Å². The first-order valence-corrected chi connectivity index (χ1v) is 10.3. The van der Waals surface area contributed by atoms with E-state index >= 15 is 0 Å². The molecule has 1 aliphatic rings. The molecule has 3 rings (SSSR count). The zero-order chi connectivity index (χ0) is 16.9. The standard InChI is InChI=1S/C19H24N2OS2/c1-14-4-3-5-17(12-14)24-16-8-10-21(11-9-16)19(22)7-6-18-15(2)20-13-23-18/h3-5,12-13,16H,6-11H2,1-2H3. The van der Waals surface area contributed by atoms with Gasteiger partial charge in [0.05, 0.1) is 11.2 Å². The number of hydrogen-bond acceptors (Lipinski definition) is 4. The largest absolute Gasteiger partial charge is 0.343 e. The lowest BCUT2D eigenvalue weighted by atomic mass is 10.1. The summed E-state index contributed by atoms with van der Waals surface area (Å²) in [4.78, 5) is 21.3. The van der Waals surface area contributed by atoms with Crippen LogP contribution in [0.1, 0.15) is 35.4 Å². The number of benzene rings is 1. The summed E-state index contributed by atoms with van der Waals surface area (Å²) < 4.78 is 0. The maximum absolute atomic E-state index is 12.4. The lowest BCUT2D eigenvalue weighted by Gasteiger charge is -2.31. The van der Waals surface area contributed by atoms with E-state index in [1.807, 2.05) is 29.1 Å². The first-order chi connectivity index (χ1) is 11.6. The predicted molar refractivity (Wildman–Crippen MR) is 102 cm³/mol. The van der Waals surface area contributed by atoms with Crippen LogP contribution in [0.25, 0.3) is 0 Å². The van der Waals surface area contributed by atoms with Gasteiger partial charge in [-0.1, -0.05) is 17.7 Å². The Morgan fingerprint density at radius 2 is 2.12 bits per heavy atom. The van der Waals surface area contributed by atoms with Crippen LogP contribution in [-0.4, -0.2) is 34.1 Å². The van der Waals surface area contributed by atoms with Gasteiger partial charge in [-0.3, -0.25) is 4.79 Å². The van der Waals surface area contributed by atoms with Gasteiger partial charge < -0.3 is 4.90 Å². The fourth-order valence-electron chi connectivity index (χ4n) is 3.05. The van der Waals surface area contributed by atoms with Crippen LogP contribution in [0, 0.1) is 13.8 Å². The fourth-order valence-corrected chi connectivity index (χ4v) is 5.07. The second-order valence-electron chi connectivity index (χ2n) is 6.38. The van der Waals surface area contributed by atoms with Gasteiger partial charge in [0.1, 0.15) is 0 Å². The van der Waals surface area contributed by atoms with Crippen molar-refractivity contribution in [3.05, 3.63) is 45.9 Å². The van der Waals surface area contributed by atoms with E-state index < -0.39 is 0 Å². The Labute approximate surface area is 152 Å². The molecule has 0 N–H and O–H groups in total. The van der Waals surface area contributed by atoms with Crippen LogP contribution in [-0.2, 0) is 11.2 Å². The zero-order valence-corrected chi connectivity index (χ0v) is 16.0. The van der Waals surface area contributed by atoms with Gasteiger partial charge in [0, 0.05) is 34.5 Å². The Bertz CT molecular complexity index is 690. The van der Waals surface area contributed by atoms with Crippen LogP contribution in [0.3, 0.4) is 0 Å². The van der Waals surface area contributed by atoms with Crippen LogP contribution in [0.2, 0.25) is 0 Å². The summed E-state index contributed by atoms with van der Waals surface area (Å²) in [7, 11) is 0. The Balaban J connectivity index is 1.44. The molecule has 0 atom stereocenters. The number of thiazole rings is 1. The smallest absolute Gasteiger partial charge is 0.222 e. The van der Waals surface area contributed by atoms with Crippen LogP contribution >= 0.6 is 23.1 Å². The summed E-state index contributed by atoms with van der Waals surface area (Å²) in [6.07, 6.45) is 3.61. The number of hydrogen-bond donors (Lipinski definition) is 0. The van der Waals surface area contributed by atoms with Gasteiger partial charge in [0.25, 0.3) is 0 Å². The molecule has 0 saturated carbocycles. The van der Waals surface area contributed by atoms with Crippen molar-refractivity contribution in [1.29, 1.82) is 0 Å². The predicted octanol–water partition coefficient (Wildman–Crippen LogP) is 4.48. The molecule has 1 amide bonds. The lowest BCUT2D eigenvalue weighted by Crippen LogP contribution is -2.39. The highest BCUT2D eigenvalue weighted by Crippen LogP contribution is 2.31. The first-order valence-electron chi connectivity index (χ1n) is 8.52. The highest BCUT2D eigenvalue weighted by molar-refractivity contribution is 8.00. The minimum atomic E-state index is 0.293. The summed E-state index contributed by atoms with van der Waals surface area (Å²) in [6, 6.07) is 8.69. The highest BCUT2D eigenvalue weighted by atomic mass is 32.2. The second-order valence-corrected chi connectivity index (χ2v) is 8.69. The summed E-state index contributed by atoms with van der Waals surface area (Å²) >= 11 is 3.62.